The lowest BCUT2D eigenvalue weighted by atomic mass is 10.0. The largest absolute Gasteiger partial charge is 0.326 e. The lowest BCUT2D eigenvalue weighted by Gasteiger charge is -2.19. The van der Waals surface area contributed by atoms with E-state index in [0.29, 0.717) is 5.56 Å². The van der Waals surface area contributed by atoms with Crippen molar-refractivity contribution in [2.45, 2.75) is 16.3 Å². The molecule has 2 aromatic rings. The van der Waals surface area contributed by atoms with Gasteiger partial charge in [-0.05, 0) is 29.8 Å². The molecule has 3 rings (SSSR count). The van der Waals surface area contributed by atoms with Crippen LogP contribution in [-0.2, 0) is 16.4 Å². The summed E-state index contributed by atoms with van der Waals surface area (Å²) in [6.07, 6.45) is 0. The van der Waals surface area contributed by atoms with E-state index in [4.69, 9.17) is 5.73 Å². The minimum absolute atomic E-state index is 0.0548. The number of benzene rings is 2. The highest BCUT2D eigenvalue weighted by atomic mass is 32.2. The molecule has 0 aliphatic carbocycles. The second-order valence-electron chi connectivity index (χ2n) is 4.36. The summed E-state index contributed by atoms with van der Waals surface area (Å²) in [6, 6.07) is 11.0. The Labute approximate surface area is 110 Å². The topological polar surface area (TPSA) is 77.2 Å². The SMILES string of the molecule is NCc1ccc2c(c1)S(=O)(=O)c1ccccc1C2=O. The average molecular weight is 273 g/mol. The first kappa shape index (κ1) is 12.1. The van der Waals surface area contributed by atoms with Gasteiger partial charge in [-0.2, -0.15) is 0 Å². The quantitative estimate of drug-likeness (QED) is 0.729. The molecule has 5 heteroatoms. The molecular formula is C14H11NO3S. The minimum Gasteiger partial charge on any atom is -0.326 e. The van der Waals surface area contributed by atoms with Crippen LogP contribution in [0.2, 0.25) is 0 Å². The molecule has 0 aromatic heterocycles. The Morgan fingerprint density at radius 1 is 0.947 bits per heavy atom. The van der Waals surface area contributed by atoms with Crippen molar-refractivity contribution in [1.29, 1.82) is 0 Å². The Hall–Kier alpha value is -1.98. The predicted molar refractivity (Wildman–Crippen MR) is 69.7 cm³/mol. The van der Waals surface area contributed by atoms with E-state index < -0.39 is 9.84 Å². The summed E-state index contributed by atoms with van der Waals surface area (Å²) in [5, 5.41) is 0. The number of carbonyl (C=O) groups excluding carboxylic acids is 1. The maximum atomic E-state index is 12.5. The molecule has 0 saturated carbocycles. The Morgan fingerprint density at radius 2 is 1.63 bits per heavy atom. The van der Waals surface area contributed by atoms with E-state index in [-0.39, 0.29) is 33.2 Å². The summed E-state index contributed by atoms with van der Waals surface area (Å²) in [5.41, 5.74) is 6.66. The molecule has 2 aromatic carbocycles. The molecule has 0 radical (unpaired) electrons. The number of carbonyl (C=O) groups is 1. The Kier molecular flexibility index (Phi) is 2.55. The van der Waals surface area contributed by atoms with Crippen LogP contribution in [-0.4, -0.2) is 14.2 Å². The van der Waals surface area contributed by atoms with Crippen molar-refractivity contribution in [1.82, 2.24) is 0 Å². The van der Waals surface area contributed by atoms with Crippen molar-refractivity contribution in [2.75, 3.05) is 0 Å². The van der Waals surface area contributed by atoms with Crippen molar-refractivity contribution >= 4 is 15.6 Å². The second-order valence-corrected chi connectivity index (χ2v) is 6.25. The number of ketones is 1. The van der Waals surface area contributed by atoms with Gasteiger partial charge in [0.2, 0.25) is 9.84 Å². The molecular weight excluding hydrogens is 262 g/mol. The van der Waals surface area contributed by atoms with Crippen molar-refractivity contribution in [2.24, 2.45) is 5.73 Å². The predicted octanol–water partition coefficient (Wildman–Crippen LogP) is 1.52. The van der Waals surface area contributed by atoms with Crippen LogP contribution in [0, 0.1) is 0 Å². The van der Waals surface area contributed by atoms with Crippen molar-refractivity contribution < 1.29 is 13.2 Å². The first-order valence-corrected chi connectivity index (χ1v) is 7.26. The molecule has 1 aliphatic rings. The van der Waals surface area contributed by atoms with E-state index in [9.17, 15) is 13.2 Å². The third kappa shape index (κ3) is 1.63. The summed E-state index contributed by atoms with van der Waals surface area (Å²) >= 11 is 0. The third-order valence-corrected chi connectivity index (χ3v) is 5.09. The van der Waals surface area contributed by atoms with Gasteiger partial charge in [-0.1, -0.05) is 18.2 Å². The maximum Gasteiger partial charge on any atom is 0.208 e. The van der Waals surface area contributed by atoms with Crippen LogP contribution < -0.4 is 5.73 Å². The normalized spacial score (nSPS) is 15.7. The summed E-state index contributed by atoms with van der Waals surface area (Å²) in [7, 11) is -3.64. The van der Waals surface area contributed by atoms with Gasteiger partial charge in [0.1, 0.15) is 0 Å². The smallest absolute Gasteiger partial charge is 0.208 e. The highest BCUT2D eigenvalue weighted by Crippen LogP contribution is 2.34. The zero-order valence-corrected chi connectivity index (χ0v) is 10.8. The van der Waals surface area contributed by atoms with Crippen LogP contribution >= 0.6 is 0 Å². The minimum atomic E-state index is -3.64. The molecule has 0 amide bonds. The van der Waals surface area contributed by atoms with E-state index >= 15 is 0 Å². The molecule has 0 atom stereocenters. The molecule has 0 unspecified atom stereocenters. The molecule has 0 spiro atoms. The molecule has 0 bridgehead atoms. The van der Waals surface area contributed by atoms with E-state index in [1.54, 1.807) is 18.2 Å². The van der Waals surface area contributed by atoms with Gasteiger partial charge in [0.25, 0.3) is 0 Å². The molecule has 1 heterocycles. The fourth-order valence-electron chi connectivity index (χ4n) is 2.26. The summed E-state index contributed by atoms with van der Waals surface area (Å²) in [4.78, 5) is 12.4. The van der Waals surface area contributed by atoms with E-state index in [2.05, 4.69) is 0 Å². The molecule has 1 aliphatic heterocycles. The van der Waals surface area contributed by atoms with E-state index in [0.717, 1.165) is 0 Å². The van der Waals surface area contributed by atoms with Gasteiger partial charge in [0.15, 0.2) is 5.78 Å². The number of nitrogens with two attached hydrogens (primary N) is 1. The fraction of sp³-hybridized carbons (Fsp3) is 0.0714. The Bertz CT molecular complexity index is 794. The molecule has 0 saturated heterocycles. The summed E-state index contributed by atoms with van der Waals surface area (Å²) in [5.74, 6) is -0.260. The summed E-state index contributed by atoms with van der Waals surface area (Å²) in [6.45, 7) is 0.235. The van der Waals surface area contributed by atoms with Gasteiger partial charge in [-0.25, -0.2) is 8.42 Å². The lowest BCUT2D eigenvalue weighted by molar-refractivity contribution is 0.103. The van der Waals surface area contributed by atoms with Gasteiger partial charge < -0.3 is 5.73 Å². The number of hydrogen-bond acceptors (Lipinski definition) is 4. The first-order chi connectivity index (χ1) is 9.05. The highest BCUT2D eigenvalue weighted by Gasteiger charge is 2.34. The van der Waals surface area contributed by atoms with Crippen LogP contribution in [0.3, 0.4) is 0 Å². The van der Waals surface area contributed by atoms with Crippen molar-refractivity contribution in [3.05, 3.63) is 59.2 Å². The molecule has 2 N–H and O–H groups in total. The van der Waals surface area contributed by atoms with Crippen LogP contribution in [0.25, 0.3) is 0 Å². The van der Waals surface area contributed by atoms with Gasteiger partial charge in [-0.15, -0.1) is 0 Å². The third-order valence-electron chi connectivity index (χ3n) is 3.24. The monoisotopic (exact) mass is 273 g/mol. The van der Waals surface area contributed by atoms with Gasteiger partial charge >= 0.3 is 0 Å². The second kappa shape index (κ2) is 4.01. The van der Waals surface area contributed by atoms with Gasteiger partial charge in [-0.3, -0.25) is 4.79 Å². The van der Waals surface area contributed by atoms with Crippen molar-refractivity contribution in [3.63, 3.8) is 0 Å². The first-order valence-electron chi connectivity index (χ1n) is 5.77. The zero-order chi connectivity index (χ0) is 13.6. The molecule has 0 fully saturated rings. The Balaban J connectivity index is 2.39. The summed E-state index contributed by atoms with van der Waals surface area (Å²) < 4.78 is 25.0. The lowest BCUT2D eigenvalue weighted by Crippen LogP contribution is -2.20. The Morgan fingerprint density at radius 3 is 2.37 bits per heavy atom. The number of sulfone groups is 1. The van der Waals surface area contributed by atoms with Crippen LogP contribution in [0.1, 0.15) is 21.5 Å². The van der Waals surface area contributed by atoms with Crippen LogP contribution in [0.5, 0.6) is 0 Å². The number of hydrogen-bond donors (Lipinski definition) is 1. The standard InChI is InChI=1S/C14H11NO3S/c15-8-9-5-6-11-13(7-9)19(17,18)12-4-2-1-3-10(12)14(11)16/h1-7H,8,15H2. The zero-order valence-electron chi connectivity index (χ0n) is 9.96. The van der Waals surface area contributed by atoms with Gasteiger partial charge in [0, 0.05) is 17.7 Å². The highest BCUT2D eigenvalue weighted by molar-refractivity contribution is 7.91. The van der Waals surface area contributed by atoms with Crippen molar-refractivity contribution in [3.8, 4) is 0 Å². The molecule has 96 valence electrons. The molecule has 4 nitrogen and oxygen atoms in total. The van der Waals surface area contributed by atoms with E-state index in [1.165, 1.54) is 24.3 Å². The van der Waals surface area contributed by atoms with E-state index in [1.807, 2.05) is 0 Å². The number of fused-ring (bicyclic) bond motifs is 2. The molecule has 19 heavy (non-hydrogen) atoms. The van der Waals surface area contributed by atoms with Gasteiger partial charge in [0.05, 0.1) is 9.79 Å². The number of rotatable bonds is 1. The maximum absolute atomic E-state index is 12.5. The fourth-order valence-corrected chi connectivity index (χ4v) is 3.96. The van der Waals surface area contributed by atoms with Crippen LogP contribution in [0.15, 0.2) is 52.3 Å². The average Bonchev–Trinajstić information content (AvgIpc) is 2.45. The van der Waals surface area contributed by atoms with Crippen LogP contribution in [0.4, 0.5) is 0 Å².